The monoisotopic (exact) mass is 247 g/mol. The van der Waals surface area contributed by atoms with Gasteiger partial charge in [-0.05, 0) is 63.3 Å². The molecule has 0 amide bonds. The summed E-state index contributed by atoms with van der Waals surface area (Å²) in [6.07, 6.45) is 3.98. The molecular formula is C16H25NO. The van der Waals surface area contributed by atoms with Gasteiger partial charge >= 0.3 is 0 Å². The zero-order chi connectivity index (χ0) is 13.1. The minimum Gasteiger partial charge on any atom is -0.489 e. The second-order valence-corrected chi connectivity index (χ2v) is 5.67. The van der Waals surface area contributed by atoms with Crippen LogP contribution in [0.1, 0.15) is 37.3 Å². The lowest BCUT2D eigenvalue weighted by atomic mass is 9.85. The maximum atomic E-state index is 6.28. The molecule has 0 heterocycles. The summed E-state index contributed by atoms with van der Waals surface area (Å²) in [6, 6.07) is 6.80. The molecule has 1 aliphatic carbocycles. The third kappa shape index (κ3) is 2.86. The molecule has 0 aromatic heterocycles. The van der Waals surface area contributed by atoms with E-state index >= 15 is 0 Å². The van der Waals surface area contributed by atoms with Crippen molar-refractivity contribution in [1.29, 1.82) is 0 Å². The van der Waals surface area contributed by atoms with Crippen LogP contribution in [0, 0.1) is 19.8 Å². The van der Waals surface area contributed by atoms with Crippen molar-refractivity contribution in [3.63, 3.8) is 0 Å². The molecule has 1 aromatic carbocycles. The quantitative estimate of drug-likeness (QED) is 0.883. The second-order valence-electron chi connectivity index (χ2n) is 5.67. The molecule has 2 nitrogen and oxygen atoms in total. The Labute approximate surface area is 111 Å². The van der Waals surface area contributed by atoms with Crippen LogP contribution in [0.5, 0.6) is 5.75 Å². The molecule has 100 valence electrons. The summed E-state index contributed by atoms with van der Waals surface area (Å²) < 4.78 is 6.28. The van der Waals surface area contributed by atoms with Crippen LogP contribution in [0.15, 0.2) is 18.2 Å². The minimum absolute atomic E-state index is 0.305. The van der Waals surface area contributed by atoms with Crippen LogP contribution >= 0.6 is 0 Å². The number of nitrogens with one attached hydrogen (secondary N) is 1. The topological polar surface area (TPSA) is 21.3 Å². The van der Waals surface area contributed by atoms with Crippen LogP contribution in [-0.4, -0.2) is 19.2 Å². The summed E-state index contributed by atoms with van der Waals surface area (Å²) in [5.41, 5.74) is 2.57. The molecule has 1 saturated carbocycles. The number of aryl methyl sites for hydroxylation is 1. The van der Waals surface area contributed by atoms with E-state index in [-0.39, 0.29) is 0 Å². The lowest BCUT2D eigenvalue weighted by Gasteiger charge is -2.35. The van der Waals surface area contributed by atoms with Crippen LogP contribution in [0.4, 0.5) is 0 Å². The Balaban J connectivity index is 2.13. The van der Waals surface area contributed by atoms with Crippen molar-refractivity contribution in [1.82, 2.24) is 5.32 Å². The summed E-state index contributed by atoms with van der Waals surface area (Å²) in [5, 5.41) is 3.40. The van der Waals surface area contributed by atoms with Crippen LogP contribution in [-0.2, 0) is 0 Å². The largest absolute Gasteiger partial charge is 0.489 e. The van der Waals surface area contributed by atoms with E-state index in [1.807, 2.05) is 7.05 Å². The Morgan fingerprint density at radius 2 is 2.00 bits per heavy atom. The summed E-state index contributed by atoms with van der Waals surface area (Å²) in [7, 11) is 2.04. The highest BCUT2D eigenvalue weighted by Gasteiger charge is 2.29. The van der Waals surface area contributed by atoms with E-state index in [0.717, 1.165) is 18.1 Å². The molecule has 3 unspecified atom stereocenters. The highest BCUT2D eigenvalue weighted by Crippen LogP contribution is 2.29. The zero-order valence-corrected chi connectivity index (χ0v) is 12.0. The standard InChI is InChI=1S/C16H25NO/c1-11-8-9-14(17-4)16(10-11)18-15-7-5-6-12(2)13(15)3/h5-7,11,14,16-17H,8-10H2,1-4H3. The lowest BCUT2D eigenvalue weighted by Crippen LogP contribution is -2.45. The molecule has 2 heteroatoms. The Bertz CT molecular complexity index is 402. The summed E-state index contributed by atoms with van der Waals surface area (Å²) in [5.74, 6) is 1.82. The van der Waals surface area contributed by atoms with Gasteiger partial charge in [-0.15, -0.1) is 0 Å². The normalized spacial score (nSPS) is 28.1. The summed E-state index contributed by atoms with van der Waals surface area (Å²) in [4.78, 5) is 0. The van der Waals surface area contributed by atoms with Gasteiger partial charge in [0.05, 0.1) is 0 Å². The van der Waals surface area contributed by atoms with Gasteiger partial charge in [0.15, 0.2) is 0 Å². The number of benzene rings is 1. The van der Waals surface area contributed by atoms with Crippen molar-refractivity contribution in [3.8, 4) is 5.75 Å². The van der Waals surface area contributed by atoms with Crippen LogP contribution in [0.3, 0.4) is 0 Å². The Morgan fingerprint density at radius 1 is 1.22 bits per heavy atom. The van der Waals surface area contributed by atoms with Gasteiger partial charge in [-0.3, -0.25) is 0 Å². The van der Waals surface area contributed by atoms with Crippen LogP contribution < -0.4 is 10.1 Å². The summed E-state index contributed by atoms with van der Waals surface area (Å²) >= 11 is 0. The average Bonchev–Trinajstić information content (AvgIpc) is 2.35. The average molecular weight is 247 g/mol. The molecule has 18 heavy (non-hydrogen) atoms. The Hall–Kier alpha value is -1.02. The van der Waals surface area contributed by atoms with Crippen molar-refractivity contribution >= 4 is 0 Å². The second kappa shape index (κ2) is 5.75. The molecule has 0 saturated heterocycles. The Kier molecular flexibility index (Phi) is 4.28. The van der Waals surface area contributed by atoms with E-state index in [2.05, 4.69) is 44.3 Å². The van der Waals surface area contributed by atoms with E-state index in [9.17, 15) is 0 Å². The van der Waals surface area contributed by atoms with Gasteiger partial charge in [0, 0.05) is 6.04 Å². The van der Waals surface area contributed by atoms with Gasteiger partial charge in [-0.2, -0.15) is 0 Å². The molecule has 1 N–H and O–H groups in total. The predicted octanol–water partition coefficient (Wildman–Crippen LogP) is 3.46. The fourth-order valence-electron chi connectivity index (χ4n) is 2.80. The molecule has 1 fully saturated rings. The summed E-state index contributed by atoms with van der Waals surface area (Å²) in [6.45, 7) is 6.61. The smallest absolute Gasteiger partial charge is 0.122 e. The predicted molar refractivity (Wildman–Crippen MR) is 76.2 cm³/mol. The molecular weight excluding hydrogens is 222 g/mol. The fraction of sp³-hybridized carbons (Fsp3) is 0.625. The number of rotatable bonds is 3. The van der Waals surface area contributed by atoms with Gasteiger partial charge in [-0.1, -0.05) is 19.1 Å². The van der Waals surface area contributed by atoms with Crippen LogP contribution in [0.2, 0.25) is 0 Å². The molecule has 0 bridgehead atoms. The van der Waals surface area contributed by atoms with E-state index in [1.165, 1.54) is 24.0 Å². The van der Waals surface area contributed by atoms with Crippen molar-refractivity contribution in [3.05, 3.63) is 29.3 Å². The van der Waals surface area contributed by atoms with Gasteiger partial charge in [0.2, 0.25) is 0 Å². The lowest BCUT2D eigenvalue weighted by molar-refractivity contribution is 0.0937. The first-order valence-corrected chi connectivity index (χ1v) is 7.02. The van der Waals surface area contributed by atoms with Crippen molar-refractivity contribution in [2.75, 3.05) is 7.05 Å². The molecule has 2 rings (SSSR count). The van der Waals surface area contributed by atoms with Crippen LogP contribution in [0.25, 0.3) is 0 Å². The van der Waals surface area contributed by atoms with Gasteiger partial charge < -0.3 is 10.1 Å². The molecule has 3 atom stereocenters. The third-order valence-electron chi connectivity index (χ3n) is 4.26. The van der Waals surface area contributed by atoms with E-state index < -0.39 is 0 Å². The molecule has 1 aliphatic rings. The Morgan fingerprint density at radius 3 is 2.72 bits per heavy atom. The zero-order valence-electron chi connectivity index (χ0n) is 12.0. The van der Waals surface area contributed by atoms with Crippen molar-refractivity contribution < 1.29 is 4.74 Å². The number of ether oxygens (including phenoxy) is 1. The maximum Gasteiger partial charge on any atom is 0.122 e. The third-order valence-corrected chi connectivity index (χ3v) is 4.26. The van der Waals surface area contributed by atoms with E-state index in [1.54, 1.807) is 0 Å². The van der Waals surface area contributed by atoms with E-state index in [0.29, 0.717) is 12.1 Å². The first kappa shape index (κ1) is 13.4. The number of likely N-dealkylation sites (N-methyl/N-ethyl adjacent to an activating group) is 1. The highest BCUT2D eigenvalue weighted by atomic mass is 16.5. The van der Waals surface area contributed by atoms with Gasteiger partial charge in [0.25, 0.3) is 0 Å². The minimum atomic E-state index is 0.305. The van der Waals surface area contributed by atoms with Gasteiger partial charge in [-0.25, -0.2) is 0 Å². The first-order chi connectivity index (χ1) is 8.61. The molecule has 0 spiro atoms. The first-order valence-electron chi connectivity index (χ1n) is 7.02. The SMILES string of the molecule is CNC1CCC(C)CC1Oc1cccc(C)c1C. The molecule has 0 aliphatic heterocycles. The molecule has 0 radical (unpaired) electrons. The van der Waals surface area contributed by atoms with E-state index in [4.69, 9.17) is 4.74 Å². The maximum absolute atomic E-state index is 6.28. The number of hydrogen-bond acceptors (Lipinski definition) is 2. The number of hydrogen-bond donors (Lipinski definition) is 1. The molecule has 1 aromatic rings. The van der Waals surface area contributed by atoms with Crippen molar-refractivity contribution in [2.24, 2.45) is 5.92 Å². The van der Waals surface area contributed by atoms with Crippen molar-refractivity contribution in [2.45, 2.75) is 52.2 Å². The highest BCUT2D eigenvalue weighted by molar-refractivity contribution is 5.38. The van der Waals surface area contributed by atoms with Gasteiger partial charge in [0.1, 0.15) is 11.9 Å². The fourth-order valence-corrected chi connectivity index (χ4v) is 2.80.